The third kappa shape index (κ3) is 4.69. The number of carboxylic acids is 1. The molecule has 0 aromatic carbocycles. The van der Waals surface area contributed by atoms with E-state index in [0.717, 1.165) is 14.1 Å². The van der Waals surface area contributed by atoms with Gasteiger partial charge in [-0.15, -0.1) is 0 Å². The third-order valence-corrected chi connectivity index (χ3v) is 3.90. The minimum absolute atomic E-state index is 0.894. The van der Waals surface area contributed by atoms with Gasteiger partial charge in [0, 0.05) is 6.42 Å². The molecule has 0 aliphatic carbocycles. The van der Waals surface area contributed by atoms with E-state index >= 15 is 0 Å². The number of halogens is 14. The van der Waals surface area contributed by atoms with Crippen LogP contribution in [-0.2, 0) is 4.79 Å². The Kier molecular flexibility index (Phi) is 7.45. The number of likely N-dealkylation sites (N-methyl/N-ethyl adjacent to an activating group) is 1. The first-order valence-corrected chi connectivity index (χ1v) is 7.41. The number of hydrogen-bond donors (Lipinski definition) is 0. The SMILES string of the molecule is C[N+](C)(CCC(F)C(F)(F)C(F)(F)C(F)(F)C(F)(F)C(F)(F)C(F)(F)F)CC(=O)[O-]. The van der Waals surface area contributed by atoms with Gasteiger partial charge in [-0.2, -0.15) is 57.1 Å². The molecular weight excluding hydrogens is 468 g/mol. The summed E-state index contributed by atoms with van der Waals surface area (Å²) in [5.41, 5.74) is 0. The van der Waals surface area contributed by atoms with Crippen LogP contribution in [0.3, 0.4) is 0 Å². The molecule has 0 radical (unpaired) electrons. The maximum absolute atomic E-state index is 13.6. The van der Waals surface area contributed by atoms with Crippen molar-refractivity contribution < 1.29 is 75.8 Å². The molecule has 0 fully saturated rings. The topological polar surface area (TPSA) is 40.1 Å². The number of rotatable bonds is 10. The third-order valence-electron chi connectivity index (χ3n) is 3.90. The molecule has 0 saturated heterocycles. The van der Waals surface area contributed by atoms with Crippen molar-refractivity contribution in [3.8, 4) is 0 Å². The number of alkyl halides is 14. The molecule has 0 amide bonds. The standard InChI is InChI=1S/C13H13F14NO2/c1-28(2,5-7(29)30)4-3-6(14)8(15,16)9(17,18)10(19,20)11(21,22)12(23,24)13(25,26)27/h6H,3-5H2,1-2H3. The summed E-state index contributed by atoms with van der Waals surface area (Å²) in [5, 5.41) is 10.4. The van der Waals surface area contributed by atoms with Crippen molar-refractivity contribution in [2.24, 2.45) is 0 Å². The van der Waals surface area contributed by atoms with E-state index in [1.165, 1.54) is 0 Å². The zero-order valence-corrected chi connectivity index (χ0v) is 14.8. The molecule has 0 heterocycles. The molecule has 1 atom stereocenters. The zero-order chi connectivity index (χ0) is 24.8. The van der Waals surface area contributed by atoms with Gasteiger partial charge in [-0.3, -0.25) is 0 Å². The molecule has 0 aromatic heterocycles. The summed E-state index contributed by atoms with van der Waals surface area (Å²) in [6.07, 6.45) is -13.9. The van der Waals surface area contributed by atoms with Crippen LogP contribution in [0.5, 0.6) is 0 Å². The van der Waals surface area contributed by atoms with Crippen LogP contribution in [0, 0.1) is 0 Å². The van der Waals surface area contributed by atoms with Crippen LogP contribution in [0.15, 0.2) is 0 Å². The molecule has 0 spiro atoms. The van der Waals surface area contributed by atoms with E-state index in [0.29, 0.717) is 0 Å². The fourth-order valence-electron chi connectivity index (χ4n) is 2.05. The minimum atomic E-state index is -8.10. The van der Waals surface area contributed by atoms with Crippen molar-refractivity contribution >= 4 is 5.97 Å². The number of hydrogen-bond acceptors (Lipinski definition) is 2. The van der Waals surface area contributed by atoms with Gasteiger partial charge in [0.1, 0.15) is 6.54 Å². The highest BCUT2D eigenvalue weighted by Gasteiger charge is 2.91. The monoisotopic (exact) mass is 481 g/mol. The Labute approximate surface area is 158 Å². The van der Waals surface area contributed by atoms with Crippen LogP contribution < -0.4 is 5.11 Å². The van der Waals surface area contributed by atoms with E-state index in [2.05, 4.69) is 0 Å². The molecule has 0 aliphatic rings. The molecule has 3 nitrogen and oxygen atoms in total. The second-order valence-electron chi connectivity index (χ2n) is 6.86. The lowest BCUT2D eigenvalue weighted by atomic mass is 9.91. The number of carbonyl (C=O) groups is 1. The largest absolute Gasteiger partial charge is 0.544 e. The van der Waals surface area contributed by atoms with Crippen molar-refractivity contribution in [1.82, 2.24) is 0 Å². The second kappa shape index (κ2) is 7.85. The molecular formula is C13H13F14NO2. The van der Waals surface area contributed by atoms with Gasteiger partial charge >= 0.3 is 35.8 Å². The number of carbonyl (C=O) groups excluding carboxylic acids is 1. The molecule has 0 aliphatic heterocycles. The Bertz CT molecular complexity index is 628. The highest BCUT2D eigenvalue weighted by Crippen LogP contribution is 2.61. The van der Waals surface area contributed by atoms with E-state index in [-0.39, 0.29) is 0 Å². The van der Waals surface area contributed by atoms with Gasteiger partial charge < -0.3 is 14.4 Å². The van der Waals surface area contributed by atoms with E-state index < -0.39 is 71.9 Å². The summed E-state index contributed by atoms with van der Waals surface area (Å²) in [6.45, 7) is -2.14. The van der Waals surface area contributed by atoms with Crippen LogP contribution in [-0.4, -0.2) is 79.6 Å². The molecule has 30 heavy (non-hydrogen) atoms. The summed E-state index contributed by atoms with van der Waals surface area (Å²) in [5.74, 6) is -40.5. The van der Waals surface area contributed by atoms with Crippen LogP contribution in [0.25, 0.3) is 0 Å². The predicted molar refractivity (Wildman–Crippen MR) is 67.2 cm³/mol. The number of carboxylic acid groups (broad SMARTS) is 1. The Morgan fingerprint density at radius 1 is 0.767 bits per heavy atom. The summed E-state index contributed by atoms with van der Waals surface area (Å²) < 4.78 is 180. The van der Waals surface area contributed by atoms with Crippen LogP contribution in [0.2, 0.25) is 0 Å². The van der Waals surface area contributed by atoms with E-state index in [9.17, 15) is 71.4 Å². The molecule has 17 heteroatoms. The normalized spacial score (nSPS) is 16.5. The minimum Gasteiger partial charge on any atom is -0.544 e. The lowest BCUT2D eigenvalue weighted by Crippen LogP contribution is -2.71. The first-order chi connectivity index (χ1) is 12.8. The molecule has 0 saturated carbocycles. The average Bonchev–Trinajstić information content (AvgIpc) is 2.49. The maximum Gasteiger partial charge on any atom is 0.460 e. The molecule has 0 aromatic rings. The summed E-state index contributed by atoms with van der Waals surface area (Å²) >= 11 is 0. The molecule has 0 bridgehead atoms. The van der Waals surface area contributed by atoms with Gasteiger partial charge in [-0.25, -0.2) is 4.39 Å². The maximum atomic E-state index is 13.6. The Morgan fingerprint density at radius 2 is 1.13 bits per heavy atom. The molecule has 0 rings (SSSR count). The number of quaternary nitrogens is 1. The second-order valence-corrected chi connectivity index (χ2v) is 6.86. The fraction of sp³-hybridized carbons (Fsp3) is 0.923. The quantitative estimate of drug-likeness (QED) is 0.355. The van der Waals surface area contributed by atoms with Gasteiger partial charge in [-0.1, -0.05) is 0 Å². The van der Waals surface area contributed by atoms with E-state index in [1.807, 2.05) is 0 Å². The van der Waals surface area contributed by atoms with Crippen LogP contribution in [0.1, 0.15) is 6.42 Å². The van der Waals surface area contributed by atoms with E-state index in [4.69, 9.17) is 0 Å². The first kappa shape index (κ1) is 28.5. The van der Waals surface area contributed by atoms with Gasteiger partial charge in [0.25, 0.3) is 0 Å². The lowest BCUT2D eigenvalue weighted by Gasteiger charge is -2.40. The van der Waals surface area contributed by atoms with Crippen LogP contribution in [0.4, 0.5) is 61.5 Å². The fourth-order valence-corrected chi connectivity index (χ4v) is 2.05. The summed E-state index contributed by atoms with van der Waals surface area (Å²) in [7, 11) is 1.79. The Hall–Kier alpha value is -1.55. The molecule has 1 unspecified atom stereocenters. The van der Waals surface area contributed by atoms with Gasteiger partial charge in [0.15, 0.2) is 6.17 Å². The van der Waals surface area contributed by atoms with Gasteiger partial charge in [0.05, 0.1) is 26.6 Å². The smallest absolute Gasteiger partial charge is 0.460 e. The Morgan fingerprint density at radius 3 is 1.47 bits per heavy atom. The highest BCUT2D eigenvalue weighted by molar-refractivity contribution is 5.65. The van der Waals surface area contributed by atoms with Crippen LogP contribution >= 0.6 is 0 Å². The zero-order valence-electron chi connectivity index (χ0n) is 14.8. The van der Waals surface area contributed by atoms with Crippen molar-refractivity contribution in [2.45, 2.75) is 48.4 Å². The summed E-state index contributed by atoms with van der Waals surface area (Å²) in [6, 6.07) is 0. The van der Waals surface area contributed by atoms with Crippen molar-refractivity contribution in [2.75, 3.05) is 27.2 Å². The predicted octanol–water partition coefficient (Wildman–Crippen LogP) is 3.28. The summed E-state index contributed by atoms with van der Waals surface area (Å²) in [4.78, 5) is 10.4. The molecule has 180 valence electrons. The first-order valence-electron chi connectivity index (χ1n) is 7.41. The number of aliphatic carboxylic acids is 1. The van der Waals surface area contributed by atoms with Gasteiger partial charge in [-0.05, 0) is 0 Å². The number of nitrogens with zero attached hydrogens (tertiary/aromatic N) is 1. The van der Waals surface area contributed by atoms with Crippen molar-refractivity contribution in [1.29, 1.82) is 0 Å². The molecule has 0 N–H and O–H groups in total. The average molecular weight is 481 g/mol. The lowest BCUT2D eigenvalue weighted by molar-refractivity contribution is -0.885. The van der Waals surface area contributed by atoms with E-state index in [1.54, 1.807) is 0 Å². The van der Waals surface area contributed by atoms with Crippen molar-refractivity contribution in [3.05, 3.63) is 0 Å². The highest BCUT2D eigenvalue weighted by atomic mass is 19.4. The van der Waals surface area contributed by atoms with Crippen molar-refractivity contribution in [3.63, 3.8) is 0 Å². The van der Waals surface area contributed by atoms with Gasteiger partial charge in [0.2, 0.25) is 0 Å². The Balaban J connectivity index is 5.98.